The number of nitro benzene ring substituents is 1. The van der Waals surface area contributed by atoms with Crippen LogP contribution in [0.15, 0.2) is 59.6 Å². The van der Waals surface area contributed by atoms with E-state index >= 15 is 0 Å². The zero-order valence-corrected chi connectivity index (χ0v) is 13.9. The summed E-state index contributed by atoms with van der Waals surface area (Å²) < 4.78 is 0. The Balaban J connectivity index is 2.03. The average molecular weight is 326 g/mol. The van der Waals surface area contributed by atoms with Crippen LogP contribution in [-0.4, -0.2) is 17.4 Å². The maximum atomic E-state index is 10.7. The maximum absolute atomic E-state index is 10.7. The highest BCUT2D eigenvalue weighted by molar-refractivity contribution is 5.80. The van der Waals surface area contributed by atoms with Gasteiger partial charge in [0.1, 0.15) is 0 Å². The van der Waals surface area contributed by atoms with Crippen LogP contribution in [0.4, 0.5) is 5.69 Å². The molecule has 2 aromatic rings. The highest BCUT2D eigenvalue weighted by atomic mass is 16.6. The van der Waals surface area contributed by atoms with E-state index in [1.165, 1.54) is 17.7 Å². The molecule has 2 aromatic carbocycles. The highest BCUT2D eigenvalue weighted by Gasteiger charge is 2.07. The molecule has 0 aliphatic rings. The molecular weight excluding hydrogens is 304 g/mol. The van der Waals surface area contributed by atoms with E-state index in [-0.39, 0.29) is 11.7 Å². The van der Waals surface area contributed by atoms with Crippen molar-refractivity contribution in [2.45, 2.75) is 26.4 Å². The van der Waals surface area contributed by atoms with Gasteiger partial charge < -0.3 is 10.6 Å². The molecule has 0 heterocycles. The molecule has 1 unspecified atom stereocenters. The first-order valence-electron chi connectivity index (χ1n) is 7.93. The summed E-state index contributed by atoms with van der Waals surface area (Å²) in [5.41, 5.74) is 2.19. The molecule has 24 heavy (non-hydrogen) atoms. The summed E-state index contributed by atoms with van der Waals surface area (Å²) in [4.78, 5) is 14.8. The van der Waals surface area contributed by atoms with Crippen LogP contribution < -0.4 is 10.6 Å². The standard InChI is InChI=1S/C18H22N4O2/c1-3-19-18(21-14(2)16-7-5-4-6-8-16)20-13-15-9-11-17(12-10-15)22(23)24/h4-12,14H,3,13H2,1-2H3,(H2,19,20,21). The third-order valence-corrected chi connectivity index (χ3v) is 3.56. The van der Waals surface area contributed by atoms with Gasteiger partial charge in [-0.1, -0.05) is 42.5 Å². The van der Waals surface area contributed by atoms with Gasteiger partial charge in [0.05, 0.1) is 17.5 Å². The molecule has 0 amide bonds. The second kappa shape index (κ2) is 8.67. The molecule has 2 N–H and O–H groups in total. The normalized spacial score (nSPS) is 12.5. The Morgan fingerprint density at radius 1 is 1.17 bits per heavy atom. The highest BCUT2D eigenvalue weighted by Crippen LogP contribution is 2.13. The lowest BCUT2D eigenvalue weighted by atomic mass is 10.1. The predicted octanol–water partition coefficient (Wildman–Crippen LogP) is 3.41. The molecule has 6 nitrogen and oxygen atoms in total. The minimum Gasteiger partial charge on any atom is -0.357 e. The van der Waals surface area contributed by atoms with Crippen LogP contribution in [0.3, 0.4) is 0 Å². The third kappa shape index (κ3) is 5.08. The van der Waals surface area contributed by atoms with E-state index in [4.69, 9.17) is 0 Å². The molecule has 6 heteroatoms. The molecule has 0 saturated carbocycles. The van der Waals surface area contributed by atoms with E-state index < -0.39 is 4.92 Å². The molecule has 0 spiro atoms. The summed E-state index contributed by atoms with van der Waals surface area (Å²) in [7, 11) is 0. The SMILES string of the molecule is CCNC(=NCc1ccc([N+](=O)[O-])cc1)NC(C)c1ccccc1. The van der Waals surface area contributed by atoms with E-state index in [2.05, 4.69) is 34.7 Å². The minimum absolute atomic E-state index is 0.0884. The summed E-state index contributed by atoms with van der Waals surface area (Å²) in [6.45, 7) is 5.30. The zero-order chi connectivity index (χ0) is 17.4. The minimum atomic E-state index is -0.403. The van der Waals surface area contributed by atoms with Crippen LogP contribution in [0.5, 0.6) is 0 Å². The van der Waals surface area contributed by atoms with Crippen LogP contribution in [-0.2, 0) is 6.54 Å². The number of benzene rings is 2. The average Bonchev–Trinajstić information content (AvgIpc) is 2.61. The van der Waals surface area contributed by atoms with Crippen molar-refractivity contribution in [3.8, 4) is 0 Å². The van der Waals surface area contributed by atoms with E-state index in [9.17, 15) is 10.1 Å². The zero-order valence-electron chi connectivity index (χ0n) is 13.9. The predicted molar refractivity (Wildman–Crippen MR) is 95.9 cm³/mol. The summed E-state index contributed by atoms with van der Waals surface area (Å²) in [5, 5.41) is 17.3. The number of rotatable bonds is 6. The molecule has 0 saturated heterocycles. The fraction of sp³-hybridized carbons (Fsp3) is 0.278. The molecule has 0 radical (unpaired) electrons. The molecular formula is C18H22N4O2. The first-order valence-corrected chi connectivity index (χ1v) is 7.93. The van der Waals surface area contributed by atoms with Gasteiger partial charge in [-0.05, 0) is 25.0 Å². The first kappa shape index (κ1) is 17.5. The smallest absolute Gasteiger partial charge is 0.269 e. The summed E-state index contributed by atoms with van der Waals surface area (Å²) in [6.07, 6.45) is 0. The lowest BCUT2D eigenvalue weighted by molar-refractivity contribution is -0.384. The van der Waals surface area contributed by atoms with Crippen molar-refractivity contribution in [3.63, 3.8) is 0 Å². The van der Waals surface area contributed by atoms with E-state index in [1.54, 1.807) is 12.1 Å². The van der Waals surface area contributed by atoms with Crippen LogP contribution in [0.2, 0.25) is 0 Å². The van der Waals surface area contributed by atoms with Gasteiger partial charge in [0.15, 0.2) is 5.96 Å². The molecule has 0 fully saturated rings. The molecule has 0 bridgehead atoms. The number of hydrogen-bond donors (Lipinski definition) is 2. The lowest BCUT2D eigenvalue weighted by Crippen LogP contribution is -2.38. The van der Waals surface area contributed by atoms with Gasteiger partial charge in [0.2, 0.25) is 0 Å². The number of guanidine groups is 1. The Kier molecular flexibility index (Phi) is 6.31. The van der Waals surface area contributed by atoms with Crippen LogP contribution in [0.1, 0.15) is 31.0 Å². The van der Waals surface area contributed by atoms with Gasteiger partial charge in [-0.2, -0.15) is 0 Å². The van der Waals surface area contributed by atoms with Crippen molar-refractivity contribution < 1.29 is 4.92 Å². The monoisotopic (exact) mass is 326 g/mol. The summed E-state index contributed by atoms with van der Waals surface area (Å²) >= 11 is 0. The Morgan fingerprint density at radius 3 is 2.42 bits per heavy atom. The Labute approximate surface area is 141 Å². The van der Waals surface area contributed by atoms with Crippen molar-refractivity contribution in [2.75, 3.05) is 6.54 Å². The number of nitrogens with one attached hydrogen (secondary N) is 2. The molecule has 126 valence electrons. The number of hydrogen-bond acceptors (Lipinski definition) is 3. The quantitative estimate of drug-likeness (QED) is 0.369. The molecule has 1 atom stereocenters. The topological polar surface area (TPSA) is 79.6 Å². The number of non-ortho nitro benzene ring substituents is 1. The van der Waals surface area contributed by atoms with Crippen molar-refractivity contribution in [1.29, 1.82) is 0 Å². The van der Waals surface area contributed by atoms with Gasteiger partial charge in [-0.3, -0.25) is 10.1 Å². The summed E-state index contributed by atoms with van der Waals surface area (Å²) in [5.74, 6) is 0.715. The molecule has 2 rings (SSSR count). The molecule has 0 aromatic heterocycles. The lowest BCUT2D eigenvalue weighted by Gasteiger charge is -2.18. The molecule has 0 aliphatic heterocycles. The third-order valence-electron chi connectivity index (χ3n) is 3.56. The van der Waals surface area contributed by atoms with Crippen molar-refractivity contribution in [2.24, 2.45) is 4.99 Å². The van der Waals surface area contributed by atoms with Gasteiger partial charge in [0.25, 0.3) is 5.69 Å². The van der Waals surface area contributed by atoms with Gasteiger partial charge >= 0.3 is 0 Å². The van der Waals surface area contributed by atoms with E-state index in [0.29, 0.717) is 12.5 Å². The van der Waals surface area contributed by atoms with Crippen molar-refractivity contribution in [1.82, 2.24) is 10.6 Å². The van der Waals surface area contributed by atoms with E-state index in [1.807, 2.05) is 25.1 Å². The first-order chi connectivity index (χ1) is 11.6. The second-order valence-electron chi connectivity index (χ2n) is 5.40. The van der Waals surface area contributed by atoms with Gasteiger partial charge in [0, 0.05) is 18.7 Å². The number of nitro groups is 1. The van der Waals surface area contributed by atoms with Gasteiger partial charge in [-0.25, -0.2) is 4.99 Å². The summed E-state index contributed by atoms with van der Waals surface area (Å²) in [6, 6.07) is 16.7. The number of nitrogens with zero attached hydrogens (tertiary/aromatic N) is 2. The van der Waals surface area contributed by atoms with Gasteiger partial charge in [-0.15, -0.1) is 0 Å². The fourth-order valence-corrected chi connectivity index (χ4v) is 2.24. The fourth-order valence-electron chi connectivity index (χ4n) is 2.24. The maximum Gasteiger partial charge on any atom is 0.269 e. The van der Waals surface area contributed by atoms with E-state index in [0.717, 1.165) is 12.1 Å². The Hall–Kier alpha value is -2.89. The van der Waals surface area contributed by atoms with Crippen LogP contribution in [0, 0.1) is 10.1 Å². The van der Waals surface area contributed by atoms with Crippen LogP contribution >= 0.6 is 0 Å². The Morgan fingerprint density at radius 2 is 1.83 bits per heavy atom. The Bertz CT molecular complexity index is 684. The van der Waals surface area contributed by atoms with Crippen molar-refractivity contribution in [3.05, 3.63) is 75.8 Å². The number of aliphatic imine (C=N–C) groups is 1. The second-order valence-corrected chi connectivity index (χ2v) is 5.40. The largest absolute Gasteiger partial charge is 0.357 e. The van der Waals surface area contributed by atoms with Crippen molar-refractivity contribution >= 4 is 11.6 Å². The molecule has 0 aliphatic carbocycles. The van der Waals surface area contributed by atoms with Crippen LogP contribution in [0.25, 0.3) is 0 Å².